The van der Waals surface area contributed by atoms with Gasteiger partial charge >= 0.3 is 0 Å². The smallest absolute Gasteiger partial charge is 0.268 e. The SMILES string of the molecule is C[C@H]1C2CN(c3ccc(Nc4ncc5cc6n(c5n4)C4(CCCC4)CNC6=O)nc3)C1CN2. The minimum atomic E-state index is -0.0718. The molecule has 6 heterocycles. The van der Waals surface area contributed by atoms with Crippen LogP contribution < -0.4 is 20.9 Å². The van der Waals surface area contributed by atoms with Crippen molar-refractivity contribution in [3.05, 3.63) is 36.3 Å². The van der Waals surface area contributed by atoms with Crippen molar-refractivity contribution in [1.82, 2.24) is 30.2 Å². The fourth-order valence-electron chi connectivity index (χ4n) is 6.47. The van der Waals surface area contributed by atoms with Crippen LogP contribution in [0.15, 0.2) is 30.6 Å². The maximum atomic E-state index is 12.6. The highest BCUT2D eigenvalue weighted by molar-refractivity contribution is 5.99. The van der Waals surface area contributed by atoms with Crippen LogP contribution in [0.25, 0.3) is 11.0 Å². The second-order valence-corrected chi connectivity index (χ2v) is 10.1. The third-order valence-electron chi connectivity index (χ3n) is 8.30. The molecule has 3 atom stereocenters. The molecule has 9 nitrogen and oxygen atoms in total. The molecule has 3 aromatic rings. The van der Waals surface area contributed by atoms with Crippen molar-refractivity contribution in [2.75, 3.05) is 29.9 Å². The van der Waals surface area contributed by atoms with Gasteiger partial charge in [-0.05, 0) is 37.0 Å². The van der Waals surface area contributed by atoms with Gasteiger partial charge in [0.25, 0.3) is 5.91 Å². The highest BCUT2D eigenvalue weighted by atomic mass is 16.2. The monoisotopic (exact) mass is 444 g/mol. The third kappa shape index (κ3) is 2.81. The number of pyridine rings is 1. The van der Waals surface area contributed by atoms with Crippen molar-refractivity contribution >= 4 is 34.4 Å². The van der Waals surface area contributed by atoms with Crippen molar-refractivity contribution < 1.29 is 4.79 Å². The third-order valence-corrected chi connectivity index (χ3v) is 8.30. The topological polar surface area (TPSA) is 100 Å². The van der Waals surface area contributed by atoms with Gasteiger partial charge in [0.2, 0.25) is 5.95 Å². The van der Waals surface area contributed by atoms with E-state index in [0.717, 1.165) is 42.7 Å². The molecule has 2 unspecified atom stereocenters. The number of fused-ring (bicyclic) bond motifs is 6. The number of amides is 1. The molecule has 2 saturated heterocycles. The molecule has 1 amide bonds. The van der Waals surface area contributed by atoms with Crippen LogP contribution in [-0.2, 0) is 5.54 Å². The summed E-state index contributed by atoms with van der Waals surface area (Å²) < 4.78 is 2.18. The first-order valence-electron chi connectivity index (χ1n) is 12.0. The molecule has 33 heavy (non-hydrogen) atoms. The minimum Gasteiger partial charge on any atom is -0.364 e. The Morgan fingerprint density at radius 1 is 1.18 bits per heavy atom. The molecule has 2 bridgehead atoms. The van der Waals surface area contributed by atoms with E-state index in [0.29, 0.717) is 42.0 Å². The highest BCUT2D eigenvalue weighted by Gasteiger charge is 2.44. The average molecular weight is 445 g/mol. The zero-order chi connectivity index (χ0) is 22.2. The van der Waals surface area contributed by atoms with Gasteiger partial charge in [-0.15, -0.1) is 0 Å². The standard InChI is InChI=1S/C24H28N8O/c1-14-17-12-31(19(14)11-25-17)16-4-5-20(26-10-16)29-23-27-9-15-8-18-22(33)28-13-24(6-2-3-7-24)32(18)21(15)30-23/h4-5,8-10,14,17,19,25H,2-3,6-7,11-13H2,1H3,(H,28,33)(H,26,27,29,30)/t14-,17?,19?/m0/s1. The summed E-state index contributed by atoms with van der Waals surface area (Å²) in [6, 6.07) is 7.15. The Kier molecular flexibility index (Phi) is 4.03. The number of hydrogen-bond acceptors (Lipinski definition) is 7. The van der Waals surface area contributed by atoms with E-state index in [-0.39, 0.29) is 11.4 Å². The van der Waals surface area contributed by atoms with E-state index >= 15 is 0 Å². The van der Waals surface area contributed by atoms with E-state index in [1.54, 1.807) is 6.20 Å². The molecule has 0 radical (unpaired) electrons. The molecular formula is C24H28N8O. The number of hydrogen-bond donors (Lipinski definition) is 3. The van der Waals surface area contributed by atoms with E-state index in [2.05, 4.69) is 48.4 Å². The summed E-state index contributed by atoms with van der Waals surface area (Å²) in [6.07, 6.45) is 8.21. The van der Waals surface area contributed by atoms with E-state index < -0.39 is 0 Å². The van der Waals surface area contributed by atoms with Gasteiger partial charge in [-0.2, -0.15) is 4.98 Å². The zero-order valence-electron chi connectivity index (χ0n) is 18.7. The maximum Gasteiger partial charge on any atom is 0.268 e. The largest absolute Gasteiger partial charge is 0.364 e. The molecule has 4 aliphatic rings. The van der Waals surface area contributed by atoms with Crippen LogP contribution >= 0.6 is 0 Å². The van der Waals surface area contributed by atoms with Crippen molar-refractivity contribution in [2.24, 2.45) is 5.92 Å². The fourth-order valence-corrected chi connectivity index (χ4v) is 6.47. The predicted molar refractivity (Wildman–Crippen MR) is 126 cm³/mol. The second-order valence-electron chi connectivity index (χ2n) is 10.1. The molecule has 170 valence electrons. The lowest BCUT2D eigenvalue weighted by Crippen LogP contribution is -2.50. The van der Waals surface area contributed by atoms with Crippen LogP contribution in [-0.4, -0.2) is 57.1 Å². The molecule has 3 aromatic heterocycles. The lowest BCUT2D eigenvalue weighted by atomic mass is 9.94. The Labute approximate surface area is 192 Å². The Balaban J connectivity index is 1.18. The lowest BCUT2D eigenvalue weighted by molar-refractivity contribution is 0.0876. The summed E-state index contributed by atoms with van der Waals surface area (Å²) in [4.78, 5) is 29.0. The van der Waals surface area contributed by atoms with Gasteiger partial charge in [0.05, 0.1) is 17.4 Å². The highest BCUT2D eigenvalue weighted by Crippen LogP contribution is 2.41. The Bertz CT molecular complexity index is 1250. The van der Waals surface area contributed by atoms with Crippen LogP contribution in [0.5, 0.6) is 0 Å². The maximum absolute atomic E-state index is 12.6. The number of rotatable bonds is 3. The number of nitrogens with zero attached hydrogens (tertiary/aromatic N) is 5. The van der Waals surface area contributed by atoms with E-state index in [9.17, 15) is 4.79 Å². The second kappa shape index (κ2) is 6.90. The number of aromatic nitrogens is 4. The summed E-state index contributed by atoms with van der Waals surface area (Å²) in [7, 11) is 0. The average Bonchev–Trinajstić information content (AvgIpc) is 3.61. The molecule has 7 rings (SSSR count). The first-order valence-corrected chi connectivity index (χ1v) is 12.0. The van der Waals surface area contributed by atoms with Crippen molar-refractivity contribution in [1.29, 1.82) is 0 Å². The van der Waals surface area contributed by atoms with Gasteiger partial charge < -0.3 is 25.4 Å². The summed E-state index contributed by atoms with van der Waals surface area (Å²) >= 11 is 0. The van der Waals surface area contributed by atoms with Crippen LogP contribution in [0.1, 0.15) is 43.1 Å². The summed E-state index contributed by atoms with van der Waals surface area (Å²) in [5, 5.41) is 10.8. The van der Waals surface area contributed by atoms with E-state index in [1.165, 1.54) is 12.8 Å². The van der Waals surface area contributed by atoms with Gasteiger partial charge in [-0.3, -0.25) is 4.79 Å². The molecule has 1 aliphatic carbocycles. The predicted octanol–water partition coefficient (Wildman–Crippen LogP) is 2.38. The summed E-state index contributed by atoms with van der Waals surface area (Å²) in [5.74, 6) is 1.85. The van der Waals surface area contributed by atoms with Crippen LogP contribution in [0.4, 0.5) is 17.5 Å². The quantitative estimate of drug-likeness (QED) is 0.570. The first-order chi connectivity index (χ1) is 16.1. The summed E-state index contributed by atoms with van der Waals surface area (Å²) in [6.45, 7) is 5.08. The zero-order valence-corrected chi connectivity index (χ0v) is 18.7. The van der Waals surface area contributed by atoms with Gasteiger partial charge in [0.1, 0.15) is 17.2 Å². The molecular weight excluding hydrogens is 416 g/mol. The first kappa shape index (κ1) is 19.3. The number of nitrogens with one attached hydrogen (secondary N) is 3. The number of anilines is 3. The van der Waals surface area contributed by atoms with Gasteiger partial charge in [-0.25, -0.2) is 9.97 Å². The Morgan fingerprint density at radius 3 is 2.79 bits per heavy atom. The van der Waals surface area contributed by atoms with Gasteiger partial charge in [0, 0.05) is 43.3 Å². The van der Waals surface area contributed by atoms with Gasteiger partial charge in [0.15, 0.2) is 0 Å². The number of piperazine rings is 1. The van der Waals surface area contributed by atoms with E-state index in [1.807, 2.05) is 18.3 Å². The number of carbonyl (C=O) groups excluding carboxylic acids is 1. The normalized spacial score (nSPS) is 27.4. The Hall–Kier alpha value is -3.20. The van der Waals surface area contributed by atoms with Crippen molar-refractivity contribution in [3.63, 3.8) is 0 Å². The minimum absolute atomic E-state index is 0.0302. The van der Waals surface area contributed by atoms with E-state index in [4.69, 9.17) is 4.98 Å². The molecule has 3 fully saturated rings. The molecule has 3 aliphatic heterocycles. The van der Waals surface area contributed by atoms with Crippen LogP contribution in [0.3, 0.4) is 0 Å². The van der Waals surface area contributed by atoms with Gasteiger partial charge in [-0.1, -0.05) is 19.8 Å². The molecule has 3 N–H and O–H groups in total. The Morgan fingerprint density at radius 2 is 2.06 bits per heavy atom. The lowest BCUT2D eigenvalue weighted by Gasteiger charge is -2.37. The summed E-state index contributed by atoms with van der Waals surface area (Å²) in [5.41, 5.74) is 2.60. The number of carbonyl (C=O) groups is 1. The van der Waals surface area contributed by atoms with Crippen LogP contribution in [0.2, 0.25) is 0 Å². The fraction of sp³-hybridized carbons (Fsp3) is 0.500. The van der Waals surface area contributed by atoms with Crippen LogP contribution in [0, 0.1) is 5.92 Å². The molecule has 1 saturated carbocycles. The molecule has 1 spiro atoms. The van der Waals surface area contributed by atoms with Crippen molar-refractivity contribution in [3.8, 4) is 0 Å². The molecule has 9 heteroatoms. The molecule has 0 aromatic carbocycles. The van der Waals surface area contributed by atoms with Crippen molar-refractivity contribution in [2.45, 2.75) is 50.2 Å².